The molecule has 0 radical (unpaired) electrons. The second kappa shape index (κ2) is 6.73. The largest absolute Gasteiger partial charge is 0.384 e. The van der Waals surface area contributed by atoms with Gasteiger partial charge in [0.2, 0.25) is 0 Å². The van der Waals surface area contributed by atoms with Crippen LogP contribution >= 0.6 is 34.5 Å². The van der Waals surface area contributed by atoms with Gasteiger partial charge in [0.1, 0.15) is 0 Å². The molecule has 2 nitrogen and oxygen atoms in total. The fourth-order valence-corrected chi connectivity index (χ4v) is 3.41. The summed E-state index contributed by atoms with van der Waals surface area (Å²) in [5.41, 5.74) is 9.35. The van der Waals surface area contributed by atoms with Gasteiger partial charge in [-0.25, -0.2) is 0 Å². The molecule has 0 aliphatic rings. The summed E-state index contributed by atoms with van der Waals surface area (Å²) in [5.74, 6) is 0. The summed E-state index contributed by atoms with van der Waals surface area (Å²) < 4.78 is 6.37. The maximum atomic E-state index is 6.22. The van der Waals surface area contributed by atoms with Gasteiger partial charge in [-0.15, -0.1) is 11.3 Å². The van der Waals surface area contributed by atoms with E-state index in [1.54, 1.807) is 7.11 Å². The lowest BCUT2D eigenvalue weighted by atomic mass is 10.0. The number of hydrogen-bond donors (Lipinski definition) is 1. The Morgan fingerprint density at radius 1 is 1.26 bits per heavy atom. The Kier molecular flexibility index (Phi) is 5.25. The highest BCUT2D eigenvalue weighted by molar-refractivity contribution is 7.20. The Bertz CT molecular complexity index is 539. The van der Waals surface area contributed by atoms with Gasteiger partial charge in [0, 0.05) is 12.7 Å². The molecule has 2 aromatic rings. The summed E-state index contributed by atoms with van der Waals surface area (Å²) in [4.78, 5) is 0. The first-order valence-electron chi connectivity index (χ1n) is 5.90. The van der Waals surface area contributed by atoms with Crippen LogP contribution in [0.3, 0.4) is 0 Å². The van der Waals surface area contributed by atoms with Crippen molar-refractivity contribution in [1.82, 2.24) is 0 Å². The Balaban J connectivity index is 2.15. The number of nitrogens with two attached hydrogens (primary N) is 1. The molecule has 1 aromatic carbocycles. The summed E-state index contributed by atoms with van der Waals surface area (Å²) in [6, 6.07) is 9.77. The summed E-state index contributed by atoms with van der Waals surface area (Å²) in [7, 11) is 1.70. The van der Waals surface area contributed by atoms with E-state index in [1.165, 1.54) is 16.9 Å². The first kappa shape index (κ1) is 14.8. The van der Waals surface area contributed by atoms with Gasteiger partial charge in [0.05, 0.1) is 21.3 Å². The Hall–Kier alpha value is -0.580. The monoisotopic (exact) mass is 315 g/mol. The van der Waals surface area contributed by atoms with Crippen LogP contribution < -0.4 is 5.73 Å². The maximum Gasteiger partial charge on any atom is 0.0995 e. The van der Waals surface area contributed by atoms with Gasteiger partial charge in [-0.2, -0.15) is 0 Å². The fourth-order valence-electron chi connectivity index (χ4n) is 1.86. The minimum atomic E-state index is -0.243. The quantitative estimate of drug-likeness (QED) is 0.893. The molecule has 0 aliphatic carbocycles. The normalized spacial score (nSPS) is 12.6. The van der Waals surface area contributed by atoms with E-state index in [1.807, 2.05) is 18.2 Å². The zero-order chi connectivity index (χ0) is 13.8. The topological polar surface area (TPSA) is 35.2 Å². The van der Waals surface area contributed by atoms with E-state index in [9.17, 15) is 0 Å². The molecule has 0 spiro atoms. The van der Waals surface area contributed by atoms with E-state index in [2.05, 4.69) is 12.1 Å². The Labute approximate surface area is 127 Å². The van der Waals surface area contributed by atoms with Gasteiger partial charge in [-0.1, -0.05) is 47.5 Å². The van der Waals surface area contributed by atoms with Crippen molar-refractivity contribution < 1.29 is 4.74 Å². The van der Waals surface area contributed by atoms with Crippen molar-refractivity contribution in [2.45, 2.75) is 12.5 Å². The lowest BCUT2D eigenvalue weighted by Crippen LogP contribution is -2.11. The van der Waals surface area contributed by atoms with E-state index in [-0.39, 0.29) is 6.04 Å². The van der Waals surface area contributed by atoms with Gasteiger partial charge in [-0.3, -0.25) is 0 Å². The van der Waals surface area contributed by atoms with Crippen molar-refractivity contribution in [3.05, 3.63) is 55.7 Å². The molecule has 2 N–H and O–H groups in total. The fraction of sp³-hybridized carbons (Fsp3) is 0.286. The SMILES string of the molecule is COCCc1ccc(C(N)c2cc(Cl)sc2Cl)cc1. The molecule has 0 amide bonds. The van der Waals surface area contributed by atoms with Crippen molar-refractivity contribution in [3.8, 4) is 0 Å². The molecule has 2 rings (SSSR count). The third-order valence-corrected chi connectivity index (χ3v) is 4.47. The van der Waals surface area contributed by atoms with Crippen molar-refractivity contribution in [2.24, 2.45) is 5.73 Å². The number of ether oxygens (including phenoxy) is 1. The molecule has 1 heterocycles. The molecule has 0 fully saturated rings. The van der Waals surface area contributed by atoms with Crippen LogP contribution in [0.1, 0.15) is 22.7 Å². The molecule has 5 heteroatoms. The predicted molar refractivity (Wildman–Crippen MR) is 82.4 cm³/mol. The Morgan fingerprint density at radius 3 is 2.47 bits per heavy atom. The van der Waals surface area contributed by atoms with Crippen molar-refractivity contribution in [1.29, 1.82) is 0 Å². The first-order chi connectivity index (χ1) is 9.11. The standard InChI is InChI=1S/C14H15Cl2NOS/c1-18-7-6-9-2-4-10(5-3-9)13(17)11-8-12(15)19-14(11)16/h2-5,8,13H,6-7,17H2,1H3. The number of rotatable bonds is 5. The van der Waals surface area contributed by atoms with Crippen molar-refractivity contribution in [2.75, 3.05) is 13.7 Å². The summed E-state index contributed by atoms with van der Waals surface area (Å²) in [6.45, 7) is 0.720. The molecule has 1 aromatic heterocycles. The summed E-state index contributed by atoms with van der Waals surface area (Å²) in [6.07, 6.45) is 0.900. The van der Waals surface area contributed by atoms with Gasteiger partial charge in [0.15, 0.2) is 0 Å². The van der Waals surface area contributed by atoms with E-state index >= 15 is 0 Å². The van der Waals surface area contributed by atoms with Crippen LogP contribution in [0.5, 0.6) is 0 Å². The average molecular weight is 316 g/mol. The molecule has 1 unspecified atom stereocenters. The van der Waals surface area contributed by atoms with Crippen LogP contribution in [0.25, 0.3) is 0 Å². The molecule has 1 atom stereocenters. The lowest BCUT2D eigenvalue weighted by Gasteiger charge is -2.12. The molecule has 0 bridgehead atoms. The number of hydrogen-bond acceptors (Lipinski definition) is 3. The molecule has 0 saturated heterocycles. The zero-order valence-corrected chi connectivity index (χ0v) is 12.9. The first-order valence-corrected chi connectivity index (χ1v) is 7.47. The number of halogens is 2. The molecule has 0 saturated carbocycles. The van der Waals surface area contributed by atoms with Gasteiger partial charge < -0.3 is 10.5 Å². The number of benzene rings is 1. The third kappa shape index (κ3) is 3.71. The molecular formula is C14H15Cl2NOS. The number of thiophene rings is 1. The Morgan fingerprint density at radius 2 is 1.95 bits per heavy atom. The molecule has 0 aliphatic heterocycles. The van der Waals surface area contributed by atoms with Crippen LogP contribution in [0, 0.1) is 0 Å². The highest BCUT2D eigenvalue weighted by atomic mass is 35.5. The van der Waals surface area contributed by atoms with Crippen LogP contribution in [0.2, 0.25) is 8.67 Å². The second-order valence-corrected chi connectivity index (χ2v) is 6.53. The molecular weight excluding hydrogens is 301 g/mol. The highest BCUT2D eigenvalue weighted by Crippen LogP contribution is 2.36. The maximum absolute atomic E-state index is 6.22. The number of methoxy groups -OCH3 is 1. The van der Waals surface area contributed by atoms with E-state index < -0.39 is 0 Å². The highest BCUT2D eigenvalue weighted by Gasteiger charge is 2.15. The third-order valence-electron chi connectivity index (χ3n) is 2.95. The van der Waals surface area contributed by atoms with Crippen LogP contribution in [0.15, 0.2) is 30.3 Å². The van der Waals surface area contributed by atoms with Gasteiger partial charge >= 0.3 is 0 Å². The smallest absolute Gasteiger partial charge is 0.0995 e. The average Bonchev–Trinajstić information content (AvgIpc) is 2.75. The van der Waals surface area contributed by atoms with Gasteiger partial charge in [0.25, 0.3) is 0 Å². The molecule has 102 valence electrons. The summed E-state index contributed by atoms with van der Waals surface area (Å²) >= 11 is 13.4. The minimum absolute atomic E-state index is 0.243. The van der Waals surface area contributed by atoms with E-state index in [0.717, 1.165) is 24.2 Å². The predicted octanol–water partition coefficient (Wildman–Crippen LogP) is 4.29. The molecule has 19 heavy (non-hydrogen) atoms. The van der Waals surface area contributed by atoms with Crippen molar-refractivity contribution in [3.63, 3.8) is 0 Å². The zero-order valence-electron chi connectivity index (χ0n) is 10.5. The van der Waals surface area contributed by atoms with Crippen molar-refractivity contribution >= 4 is 34.5 Å². The lowest BCUT2D eigenvalue weighted by molar-refractivity contribution is 0.202. The van der Waals surface area contributed by atoms with E-state index in [0.29, 0.717) is 8.67 Å². The second-order valence-electron chi connectivity index (χ2n) is 4.24. The van der Waals surface area contributed by atoms with Crippen LogP contribution in [-0.2, 0) is 11.2 Å². The summed E-state index contributed by atoms with van der Waals surface area (Å²) in [5, 5.41) is 0. The van der Waals surface area contributed by atoms with E-state index in [4.69, 9.17) is 33.7 Å². The van der Waals surface area contributed by atoms with Crippen LogP contribution in [0.4, 0.5) is 0 Å². The minimum Gasteiger partial charge on any atom is -0.384 e. The van der Waals surface area contributed by atoms with Gasteiger partial charge in [-0.05, 0) is 23.6 Å². The van der Waals surface area contributed by atoms with Crippen LogP contribution in [-0.4, -0.2) is 13.7 Å².